The van der Waals surface area contributed by atoms with E-state index in [1.807, 2.05) is 0 Å². The summed E-state index contributed by atoms with van der Waals surface area (Å²) in [6.45, 7) is 0. The van der Waals surface area contributed by atoms with Gasteiger partial charge in [0, 0.05) is 11.1 Å². The molecule has 0 saturated heterocycles. The lowest BCUT2D eigenvalue weighted by Gasteiger charge is -2.44. The summed E-state index contributed by atoms with van der Waals surface area (Å²) >= 11 is 0. The van der Waals surface area contributed by atoms with Gasteiger partial charge in [-0.25, -0.2) is 17.6 Å². The van der Waals surface area contributed by atoms with Gasteiger partial charge in [-0.05, 0) is 6.07 Å². The molecule has 2 aromatic rings. The summed E-state index contributed by atoms with van der Waals surface area (Å²) in [6, 6.07) is 1.35. The van der Waals surface area contributed by atoms with Crippen LogP contribution >= 0.6 is 0 Å². The third-order valence-electron chi connectivity index (χ3n) is 5.87. The minimum atomic E-state index is -9.31. The van der Waals surface area contributed by atoms with E-state index >= 15 is 0 Å². The van der Waals surface area contributed by atoms with Crippen molar-refractivity contribution < 1.29 is 106 Å². The second kappa shape index (κ2) is 10.3. The Morgan fingerprint density at radius 2 is 0.733 bits per heavy atom. The molecule has 2 aromatic carbocycles. The van der Waals surface area contributed by atoms with Gasteiger partial charge in [-0.15, -0.1) is 0 Å². The van der Waals surface area contributed by atoms with Gasteiger partial charge in [-0.3, -0.25) is 0 Å². The molecule has 0 atom stereocenters. The molecule has 0 unspecified atom stereocenters. The van der Waals surface area contributed by atoms with Gasteiger partial charge in [0.25, 0.3) is 0 Å². The number of alkyl halides is 19. The van der Waals surface area contributed by atoms with Crippen LogP contribution in [0.5, 0.6) is 5.75 Å². The Hall–Kier alpha value is -3.37. The van der Waals surface area contributed by atoms with Crippen LogP contribution in [0, 0.1) is 23.3 Å². The Labute approximate surface area is 230 Å². The molecule has 0 fully saturated rings. The first-order chi connectivity index (χ1) is 19.7. The first-order valence-electron chi connectivity index (χ1n) is 10.4. The lowest BCUT2D eigenvalue weighted by Crippen LogP contribution is -2.75. The smallest absolute Gasteiger partial charge is 0.460 e. The summed E-state index contributed by atoms with van der Waals surface area (Å²) in [4.78, 5) is 0. The number of benzene rings is 2. The highest BCUT2D eigenvalue weighted by Gasteiger charge is 2.96. The molecule has 0 aliphatic carbocycles. The van der Waals surface area contributed by atoms with Crippen LogP contribution < -0.4 is 0 Å². The Morgan fingerprint density at radius 1 is 0.400 bits per heavy atom. The lowest BCUT2D eigenvalue weighted by molar-refractivity contribution is -0.469. The maximum absolute atomic E-state index is 14.9. The highest BCUT2D eigenvalue weighted by atomic mass is 19.4. The second-order valence-corrected chi connectivity index (χ2v) is 8.62. The van der Waals surface area contributed by atoms with Crippen molar-refractivity contribution in [1.29, 1.82) is 0 Å². The second-order valence-electron chi connectivity index (χ2n) is 8.62. The average Bonchev–Trinajstić information content (AvgIpc) is 2.88. The molecule has 0 aliphatic rings. The summed E-state index contributed by atoms with van der Waals surface area (Å²) in [6.07, 6.45) is -8.08. The van der Waals surface area contributed by atoms with Crippen LogP contribution in [-0.2, 0) is 5.92 Å². The zero-order chi connectivity index (χ0) is 35.9. The first-order valence-corrected chi connectivity index (χ1v) is 10.4. The number of hydrogen-bond donors (Lipinski definition) is 1. The van der Waals surface area contributed by atoms with Gasteiger partial charge in [0.2, 0.25) is 0 Å². The van der Waals surface area contributed by atoms with Crippen molar-refractivity contribution in [3.63, 3.8) is 0 Å². The molecule has 1 nitrogen and oxygen atoms in total. The van der Waals surface area contributed by atoms with Crippen LogP contribution in [0.15, 0.2) is 24.3 Å². The number of halogens is 23. The maximum atomic E-state index is 14.9. The summed E-state index contributed by atoms with van der Waals surface area (Å²) in [5.41, 5.74) is -8.87. The first kappa shape index (κ1) is 37.8. The molecule has 0 radical (unpaired) electrons. The molecule has 0 saturated carbocycles. The molecule has 24 heteroatoms. The SMILES string of the molecule is Oc1ccccc1-c1c(F)c(F)c(F)c(F)c1C(F)(F)C(F)(F)C(F)(F)C(F)(F)C(F)(F)C(F)(F)C(F)(F)C(F)(F)C(F)(F)F. The fraction of sp³-hybridized carbons (Fsp3) is 0.429. The normalized spacial score (nSPS) is 15.1. The van der Waals surface area contributed by atoms with E-state index in [1.165, 1.54) is 0 Å². The number of phenols is 1. The van der Waals surface area contributed by atoms with E-state index in [0.717, 1.165) is 0 Å². The van der Waals surface area contributed by atoms with E-state index in [4.69, 9.17) is 0 Å². The van der Waals surface area contributed by atoms with E-state index in [2.05, 4.69) is 0 Å². The van der Waals surface area contributed by atoms with Gasteiger partial charge in [0.1, 0.15) is 5.75 Å². The number of hydrogen-bond acceptors (Lipinski definition) is 1. The lowest BCUT2D eigenvalue weighted by atomic mass is 9.84. The third-order valence-corrected chi connectivity index (χ3v) is 5.87. The zero-order valence-corrected chi connectivity index (χ0v) is 19.9. The molecule has 0 amide bonds. The number of phenolic OH excluding ortho intramolecular Hbond substituents is 1. The molecule has 0 bridgehead atoms. The van der Waals surface area contributed by atoms with Crippen molar-refractivity contribution in [3.05, 3.63) is 53.1 Å². The molecular weight excluding hydrogens is 705 g/mol. The Bertz CT molecular complexity index is 1450. The molecule has 2 rings (SSSR count). The van der Waals surface area contributed by atoms with Crippen LogP contribution in [0.4, 0.5) is 101 Å². The Morgan fingerprint density at radius 3 is 1.11 bits per heavy atom. The predicted octanol–water partition coefficient (Wildman–Crippen LogP) is 9.72. The molecule has 256 valence electrons. The summed E-state index contributed by atoms with van der Waals surface area (Å²) in [7, 11) is 0. The number of rotatable bonds is 9. The highest BCUT2D eigenvalue weighted by Crippen LogP contribution is 2.66. The quantitative estimate of drug-likeness (QED) is 0.156. The molecule has 0 heterocycles. The molecule has 0 aromatic heterocycles. The fourth-order valence-electron chi connectivity index (χ4n) is 3.38. The van der Waals surface area contributed by atoms with Crippen LogP contribution in [-0.4, -0.2) is 52.7 Å². The molecule has 45 heavy (non-hydrogen) atoms. The van der Waals surface area contributed by atoms with Gasteiger partial charge in [0.05, 0.1) is 5.56 Å². The summed E-state index contributed by atoms with van der Waals surface area (Å²) in [5, 5.41) is 9.62. The molecule has 0 spiro atoms. The van der Waals surface area contributed by atoms with Crippen LogP contribution in [0.1, 0.15) is 5.56 Å². The summed E-state index contributed by atoms with van der Waals surface area (Å²) in [5.74, 6) is -87.0. The molecule has 1 N–H and O–H groups in total. The van der Waals surface area contributed by atoms with Gasteiger partial charge in [-0.2, -0.15) is 83.4 Å². The average molecular weight is 710 g/mol. The van der Waals surface area contributed by atoms with Crippen LogP contribution in [0.3, 0.4) is 0 Å². The van der Waals surface area contributed by atoms with Crippen molar-refractivity contribution in [2.24, 2.45) is 0 Å². The van der Waals surface area contributed by atoms with Crippen molar-refractivity contribution in [1.82, 2.24) is 0 Å². The summed E-state index contributed by atoms with van der Waals surface area (Å²) < 4.78 is 316. The Kier molecular flexibility index (Phi) is 8.67. The topological polar surface area (TPSA) is 20.2 Å². The molecule has 0 aliphatic heterocycles. The fourth-order valence-corrected chi connectivity index (χ4v) is 3.38. The van der Waals surface area contributed by atoms with Crippen molar-refractivity contribution >= 4 is 0 Å². The minimum Gasteiger partial charge on any atom is -0.507 e. The maximum Gasteiger partial charge on any atom is 0.460 e. The highest BCUT2D eigenvalue weighted by molar-refractivity contribution is 5.75. The predicted molar refractivity (Wildman–Crippen MR) is 98.0 cm³/mol. The van der Waals surface area contributed by atoms with E-state index in [-0.39, 0.29) is 12.1 Å². The van der Waals surface area contributed by atoms with Crippen molar-refractivity contribution in [2.45, 2.75) is 53.6 Å². The number of para-hydroxylation sites is 1. The van der Waals surface area contributed by atoms with Crippen LogP contribution in [0.25, 0.3) is 11.1 Å². The zero-order valence-electron chi connectivity index (χ0n) is 19.9. The van der Waals surface area contributed by atoms with E-state index in [0.29, 0.717) is 12.1 Å². The van der Waals surface area contributed by atoms with Crippen LogP contribution in [0.2, 0.25) is 0 Å². The largest absolute Gasteiger partial charge is 0.507 e. The minimum absolute atomic E-state index is 0.0205. The van der Waals surface area contributed by atoms with E-state index in [9.17, 15) is 106 Å². The Balaban J connectivity index is 2.97. The molecular formula is C21H5F23O. The van der Waals surface area contributed by atoms with Crippen molar-refractivity contribution in [3.8, 4) is 16.9 Å². The van der Waals surface area contributed by atoms with Gasteiger partial charge in [0.15, 0.2) is 23.3 Å². The van der Waals surface area contributed by atoms with Gasteiger partial charge >= 0.3 is 53.6 Å². The monoisotopic (exact) mass is 710 g/mol. The van der Waals surface area contributed by atoms with Crippen molar-refractivity contribution in [2.75, 3.05) is 0 Å². The van der Waals surface area contributed by atoms with E-state index in [1.54, 1.807) is 0 Å². The van der Waals surface area contributed by atoms with Gasteiger partial charge < -0.3 is 5.11 Å². The van der Waals surface area contributed by atoms with Gasteiger partial charge in [-0.1, -0.05) is 18.2 Å². The number of aromatic hydroxyl groups is 1. The van der Waals surface area contributed by atoms with E-state index < -0.39 is 99.3 Å². The third kappa shape index (κ3) is 4.70. The standard InChI is InChI=1S/C21H5F23O/c22-9-7(5-3-1-2-4-6(5)45)8(10(23)12(25)11(9)24)13(26,27)14(28,29)15(30,31)16(32,33)17(34,35)18(36,37)19(38,39)20(40,41)21(42,43)44/h1-4,45H.